The predicted octanol–water partition coefficient (Wildman–Crippen LogP) is 3.68. The number of benzene rings is 1. The van der Waals surface area contributed by atoms with Gasteiger partial charge in [0.25, 0.3) is 0 Å². The lowest BCUT2D eigenvalue weighted by Crippen LogP contribution is -2.34. The summed E-state index contributed by atoms with van der Waals surface area (Å²) in [7, 11) is 0. The minimum absolute atomic E-state index is 0.156. The summed E-state index contributed by atoms with van der Waals surface area (Å²) in [4.78, 5) is 14.7. The van der Waals surface area contributed by atoms with Crippen molar-refractivity contribution in [2.24, 2.45) is 5.92 Å². The van der Waals surface area contributed by atoms with Crippen LogP contribution in [-0.2, 0) is 11.2 Å². The molecule has 0 saturated carbocycles. The Bertz CT molecular complexity index is 496. The molecule has 1 aliphatic rings. The lowest BCUT2D eigenvalue weighted by Gasteiger charge is -2.23. The molecule has 0 spiro atoms. The maximum absolute atomic E-state index is 12.7. The van der Waals surface area contributed by atoms with E-state index in [0.717, 1.165) is 55.6 Å². The number of nitrogen functional groups attached to an aromatic ring is 1. The monoisotopic (exact) mass is 274 g/mol. The first-order valence-electron chi connectivity index (χ1n) is 7.78. The van der Waals surface area contributed by atoms with Gasteiger partial charge in [0.2, 0.25) is 5.91 Å². The van der Waals surface area contributed by atoms with E-state index in [2.05, 4.69) is 19.9 Å². The normalized spacial score (nSPS) is 15.2. The Morgan fingerprint density at radius 3 is 2.80 bits per heavy atom. The molecule has 2 rings (SSSR count). The van der Waals surface area contributed by atoms with Crippen LogP contribution in [0.5, 0.6) is 0 Å². The SMILES string of the molecule is CCCCC(CC)C(=O)N1CCc2cc(C)c(N)cc21. The van der Waals surface area contributed by atoms with Crippen LogP contribution in [-0.4, -0.2) is 12.5 Å². The maximum atomic E-state index is 12.7. The molecule has 1 atom stereocenters. The summed E-state index contributed by atoms with van der Waals surface area (Å²) in [6.45, 7) is 7.11. The average molecular weight is 274 g/mol. The second-order valence-corrected chi connectivity index (χ2v) is 5.82. The molecule has 1 aliphatic heterocycles. The first-order valence-corrected chi connectivity index (χ1v) is 7.78. The lowest BCUT2D eigenvalue weighted by molar-refractivity contribution is -0.122. The van der Waals surface area contributed by atoms with Crippen LogP contribution in [0.25, 0.3) is 0 Å². The van der Waals surface area contributed by atoms with Crippen LogP contribution in [0.2, 0.25) is 0 Å². The highest BCUT2D eigenvalue weighted by Gasteiger charge is 2.29. The van der Waals surface area contributed by atoms with Crippen molar-refractivity contribution in [3.63, 3.8) is 0 Å². The van der Waals surface area contributed by atoms with Gasteiger partial charge >= 0.3 is 0 Å². The van der Waals surface area contributed by atoms with Crippen molar-refractivity contribution in [3.8, 4) is 0 Å². The molecule has 0 radical (unpaired) electrons. The second-order valence-electron chi connectivity index (χ2n) is 5.82. The summed E-state index contributed by atoms with van der Waals surface area (Å²) < 4.78 is 0. The van der Waals surface area contributed by atoms with Gasteiger partial charge in [-0.05, 0) is 43.4 Å². The van der Waals surface area contributed by atoms with Gasteiger partial charge in [0.1, 0.15) is 0 Å². The van der Waals surface area contributed by atoms with E-state index in [9.17, 15) is 4.79 Å². The maximum Gasteiger partial charge on any atom is 0.230 e. The quantitative estimate of drug-likeness (QED) is 0.832. The van der Waals surface area contributed by atoms with Crippen LogP contribution in [0, 0.1) is 12.8 Å². The fraction of sp³-hybridized carbons (Fsp3) is 0.588. The van der Waals surface area contributed by atoms with Crippen molar-refractivity contribution in [1.82, 2.24) is 0 Å². The predicted molar refractivity (Wildman–Crippen MR) is 85.0 cm³/mol. The van der Waals surface area contributed by atoms with E-state index in [1.165, 1.54) is 5.56 Å². The zero-order valence-corrected chi connectivity index (χ0v) is 12.9. The Balaban J connectivity index is 2.20. The van der Waals surface area contributed by atoms with Crippen molar-refractivity contribution in [1.29, 1.82) is 0 Å². The molecule has 110 valence electrons. The van der Waals surface area contributed by atoms with E-state index in [1.807, 2.05) is 17.9 Å². The highest BCUT2D eigenvalue weighted by molar-refractivity contribution is 5.97. The molecule has 1 unspecified atom stereocenters. The van der Waals surface area contributed by atoms with Gasteiger partial charge in [-0.25, -0.2) is 0 Å². The van der Waals surface area contributed by atoms with E-state index in [1.54, 1.807) is 0 Å². The first kappa shape index (κ1) is 14.9. The van der Waals surface area contributed by atoms with Gasteiger partial charge in [0, 0.05) is 23.8 Å². The van der Waals surface area contributed by atoms with Crippen molar-refractivity contribution in [2.75, 3.05) is 17.2 Å². The highest BCUT2D eigenvalue weighted by atomic mass is 16.2. The molecule has 3 heteroatoms. The standard InChI is InChI=1S/C17H26N2O/c1-4-6-7-13(5-2)17(20)19-9-8-14-10-12(3)15(18)11-16(14)19/h10-11,13H,4-9,18H2,1-3H3. The van der Waals surface area contributed by atoms with Crippen molar-refractivity contribution in [3.05, 3.63) is 23.3 Å². The van der Waals surface area contributed by atoms with Gasteiger partial charge in [-0.15, -0.1) is 0 Å². The van der Waals surface area contributed by atoms with Crippen LogP contribution >= 0.6 is 0 Å². The van der Waals surface area contributed by atoms with Gasteiger partial charge in [-0.1, -0.05) is 32.8 Å². The van der Waals surface area contributed by atoms with Crippen molar-refractivity contribution >= 4 is 17.3 Å². The largest absolute Gasteiger partial charge is 0.398 e. The number of hydrogen-bond donors (Lipinski definition) is 1. The topological polar surface area (TPSA) is 46.3 Å². The molecular weight excluding hydrogens is 248 g/mol. The Kier molecular flexibility index (Phi) is 4.69. The minimum Gasteiger partial charge on any atom is -0.398 e. The molecule has 20 heavy (non-hydrogen) atoms. The molecular formula is C17H26N2O. The van der Waals surface area contributed by atoms with E-state index >= 15 is 0 Å². The molecule has 0 aromatic heterocycles. The molecule has 3 nitrogen and oxygen atoms in total. The first-order chi connectivity index (χ1) is 9.58. The van der Waals surface area contributed by atoms with Crippen LogP contribution in [0.3, 0.4) is 0 Å². The fourth-order valence-corrected chi connectivity index (χ4v) is 2.98. The summed E-state index contributed by atoms with van der Waals surface area (Å²) in [6, 6.07) is 4.10. The number of amides is 1. The number of aryl methyl sites for hydroxylation is 1. The van der Waals surface area contributed by atoms with E-state index in [4.69, 9.17) is 5.73 Å². The number of fused-ring (bicyclic) bond motifs is 1. The molecule has 0 bridgehead atoms. The number of hydrogen-bond acceptors (Lipinski definition) is 2. The molecule has 1 heterocycles. The van der Waals surface area contributed by atoms with E-state index in [0.29, 0.717) is 0 Å². The van der Waals surface area contributed by atoms with Gasteiger partial charge in [0.05, 0.1) is 0 Å². The fourth-order valence-electron chi connectivity index (χ4n) is 2.98. The molecule has 1 amide bonds. The van der Waals surface area contributed by atoms with Gasteiger partial charge in [0.15, 0.2) is 0 Å². The lowest BCUT2D eigenvalue weighted by atomic mass is 9.97. The van der Waals surface area contributed by atoms with Gasteiger partial charge < -0.3 is 10.6 Å². The molecule has 1 aromatic carbocycles. The average Bonchev–Trinajstić information content (AvgIpc) is 2.82. The molecule has 1 aromatic rings. The highest BCUT2D eigenvalue weighted by Crippen LogP contribution is 2.33. The smallest absolute Gasteiger partial charge is 0.230 e. The Morgan fingerprint density at radius 2 is 2.15 bits per heavy atom. The zero-order chi connectivity index (χ0) is 14.7. The van der Waals surface area contributed by atoms with Crippen molar-refractivity contribution in [2.45, 2.75) is 52.9 Å². The van der Waals surface area contributed by atoms with Crippen molar-refractivity contribution < 1.29 is 4.79 Å². The Hall–Kier alpha value is -1.51. The van der Waals surface area contributed by atoms with E-state index < -0.39 is 0 Å². The summed E-state index contributed by atoms with van der Waals surface area (Å²) >= 11 is 0. The minimum atomic E-state index is 0.156. The number of rotatable bonds is 5. The van der Waals surface area contributed by atoms with Crippen LogP contribution in [0.1, 0.15) is 50.7 Å². The second kappa shape index (κ2) is 6.29. The summed E-state index contributed by atoms with van der Waals surface area (Å²) in [5.41, 5.74) is 10.2. The Labute approximate surface area is 122 Å². The number of anilines is 2. The van der Waals surface area contributed by atoms with Gasteiger partial charge in [-0.3, -0.25) is 4.79 Å². The third kappa shape index (κ3) is 2.82. The summed E-state index contributed by atoms with van der Waals surface area (Å²) in [5, 5.41) is 0. The molecule has 0 fully saturated rings. The van der Waals surface area contributed by atoms with Crippen LogP contribution < -0.4 is 10.6 Å². The number of carbonyl (C=O) groups is 1. The van der Waals surface area contributed by atoms with Crippen LogP contribution in [0.4, 0.5) is 11.4 Å². The Morgan fingerprint density at radius 1 is 1.40 bits per heavy atom. The van der Waals surface area contributed by atoms with Crippen LogP contribution in [0.15, 0.2) is 12.1 Å². The number of nitrogens with two attached hydrogens (primary N) is 1. The van der Waals surface area contributed by atoms with E-state index in [-0.39, 0.29) is 11.8 Å². The summed E-state index contributed by atoms with van der Waals surface area (Å²) in [5.74, 6) is 0.436. The number of carbonyl (C=O) groups excluding carboxylic acids is 1. The summed E-state index contributed by atoms with van der Waals surface area (Å²) in [6.07, 6.45) is 5.14. The number of unbranched alkanes of at least 4 members (excludes halogenated alkanes) is 1. The molecule has 2 N–H and O–H groups in total. The third-order valence-electron chi connectivity index (χ3n) is 4.38. The molecule has 0 saturated heterocycles. The number of nitrogens with zero attached hydrogens (tertiary/aromatic N) is 1. The third-order valence-corrected chi connectivity index (χ3v) is 4.38. The molecule has 0 aliphatic carbocycles. The zero-order valence-electron chi connectivity index (χ0n) is 12.9. The van der Waals surface area contributed by atoms with Gasteiger partial charge in [-0.2, -0.15) is 0 Å².